The molecule has 2 heterocycles. The molecule has 1 atom stereocenters. The third-order valence-electron chi connectivity index (χ3n) is 5.02. The van der Waals surface area contributed by atoms with Gasteiger partial charge in [0.1, 0.15) is 5.54 Å². The number of aromatic nitrogens is 1. The number of amides is 3. The second-order valence-electron chi connectivity index (χ2n) is 6.83. The van der Waals surface area contributed by atoms with Gasteiger partial charge in [0.2, 0.25) is 0 Å². The molecule has 0 aliphatic carbocycles. The molecule has 3 amide bonds. The minimum absolute atomic E-state index is 0.205. The van der Waals surface area contributed by atoms with E-state index in [1.165, 1.54) is 9.47 Å². The van der Waals surface area contributed by atoms with Crippen molar-refractivity contribution >= 4 is 39.0 Å². The molecule has 1 aliphatic rings. The number of urea groups is 1. The Morgan fingerprint density at radius 3 is 2.54 bits per heavy atom. The third kappa shape index (κ3) is 2.93. The van der Waals surface area contributed by atoms with Crippen LogP contribution in [0, 0.1) is 0 Å². The quantitative estimate of drug-likeness (QED) is 0.613. The third-order valence-corrected chi connectivity index (χ3v) is 5.72. The van der Waals surface area contributed by atoms with Crippen LogP contribution in [0.5, 0.6) is 0 Å². The topological polar surface area (TPSA) is 84.6 Å². The molecule has 1 aliphatic heterocycles. The first-order valence-electron chi connectivity index (χ1n) is 8.89. The lowest BCUT2D eigenvalue weighted by Crippen LogP contribution is -2.41. The number of benzene rings is 2. The lowest BCUT2D eigenvalue weighted by atomic mass is 9.92. The number of halogens is 1. The predicted molar refractivity (Wildman–Crippen MR) is 107 cm³/mol. The van der Waals surface area contributed by atoms with Crippen molar-refractivity contribution in [2.75, 3.05) is 6.54 Å². The first-order valence-corrected chi connectivity index (χ1v) is 9.68. The molecular weight excluding hydrogens is 426 g/mol. The van der Waals surface area contributed by atoms with E-state index in [-0.39, 0.29) is 12.5 Å². The van der Waals surface area contributed by atoms with Crippen LogP contribution in [0.2, 0.25) is 0 Å². The van der Waals surface area contributed by atoms with Gasteiger partial charge in [-0.2, -0.15) is 0 Å². The number of hydrogen-bond donors (Lipinski definition) is 1. The number of nitrogens with zero attached hydrogens (tertiary/aromatic N) is 2. The summed E-state index contributed by atoms with van der Waals surface area (Å²) in [5, 5.41) is 2.79. The van der Waals surface area contributed by atoms with E-state index in [0.717, 1.165) is 4.47 Å². The number of rotatable bonds is 5. The fourth-order valence-corrected chi connectivity index (χ4v) is 4.24. The van der Waals surface area contributed by atoms with E-state index in [9.17, 15) is 14.4 Å². The standard InChI is InChI=1S/C20H18BrN3O4/c1-20(13-7-2-3-8-14(13)21)17(25)24(18(26)22-20)12-6-11-23-15-9-4-5-10-16(15)28-19(23)27/h2-5,7-10H,6,11-12H2,1H3,(H,22,26). The van der Waals surface area contributed by atoms with Gasteiger partial charge < -0.3 is 9.73 Å². The Morgan fingerprint density at radius 2 is 1.75 bits per heavy atom. The van der Waals surface area contributed by atoms with Gasteiger partial charge in [0, 0.05) is 23.1 Å². The van der Waals surface area contributed by atoms with Gasteiger partial charge in [-0.1, -0.05) is 46.3 Å². The van der Waals surface area contributed by atoms with Crippen LogP contribution >= 0.6 is 15.9 Å². The second kappa shape index (κ2) is 6.94. The maximum Gasteiger partial charge on any atom is 0.419 e. The van der Waals surface area contributed by atoms with E-state index < -0.39 is 17.3 Å². The molecular formula is C20H18BrN3O4. The number of aryl methyl sites for hydroxylation is 1. The van der Waals surface area contributed by atoms with Crippen LogP contribution in [0.15, 0.2) is 62.2 Å². The Morgan fingerprint density at radius 1 is 1.04 bits per heavy atom. The Kier molecular flexibility index (Phi) is 4.58. The molecule has 2 aromatic carbocycles. The van der Waals surface area contributed by atoms with Gasteiger partial charge in [-0.3, -0.25) is 14.3 Å². The van der Waals surface area contributed by atoms with E-state index in [1.807, 2.05) is 30.3 Å². The predicted octanol–water partition coefficient (Wildman–Crippen LogP) is 3.21. The number of nitrogens with one attached hydrogen (secondary N) is 1. The van der Waals surface area contributed by atoms with Gasteiger partial charge in [-0.05, 0) is 31.5 Å². The number of carbonyl (C=O) groups is 2. The van der Waals surface area contributed by atoms with E-state index in [4.69, 9.17) is 4.42 Å². The highest BCUT2D eigenvalue weighted by molar-refractivity contribution is 9.10. The van der Waals surface area contributed by atoms with Crippen LogP contribution in [0.25, 0.3) is 11.1 Å². The largest absolute Gasteiger partial charge is 0.419 e. The van der Waals surface area contributed by atoms with Crippen molar-refractivity contribution in [3.05, 3.63) is 69.1 Å². The Hall–Kier alpha value is -2.87. The van der Waals surface area contributed by atoms with Gasteiger partial charge in [0.05, 0.1) is 5.52 Å². The summed E-state index contributed by atoms with van der Waals surface area (Å²) in [7, 11) is 0. The minimum atomic E-state index is -1.13. The van der Waals surface area contributed by atoms with Crippen molar-refractivity contribution in [1.29, 1.82) is 0 Å². The number of oxazole rings is 1. The SMILES string of the molecule is CC1(c2ccccc2Br)NC(=O)N(CCCn2c(=O)oc3ccccc32)C1=O. The molecule has 8 heteroatoms. The molecule has 1 saturated heterocycles. The summed E-state index contributed by atoms with van der Waals surface area (Å²) in [6.07, 6.45) is 0.439. The summed E-state index contributed by atoms with van der Waals surface area (Å²) in [6, 6.07) is 14.0. The van der Waals surface area contributed by atoms with Crippen LogP contribution in [0.4, 0.5) is 4.79 Å². The van der Waals surface area contributed by atoms with E-state index in [2.05, 4.69) is 21.2 Å². The van der Waals surface area contributed by atoms with Gasteiger partial charge in [-0.15, -0.1) is 0 Å². The van der Waals surface area contributed by atoms with Gasteiger partial charge in [0.15, 0.2) is 5.58 Å². The molecule has 28 heavy (non-hydrogen) atoms. The van der Waals surface area contributed by atoms with Crippen molar-refractivity contribution in [3.63, 3.8) is 0 Å². The van der Waals surface area contributed by atoms with Crippen LogP contribution in [0.3, 0.4) is 0 Å². The van der Waals surface area contributed by atoms with Crippen LogP contribution < -0.4 is 11.1 Å². The molecule has 0 saturated carbocycles. The summed E-state index contributed by atoms with van der Waals surface area (Å²) < 4.78 is 7.48. The molecule has 1 unspecified atom stereocenters. The first kappa shape index (κ1) is 18.5. The van der Waals surface area contributed by atoms with Crippen molar-refractivity contribution in [2.24, 2.45) is 0 Å². The zero-order valence-electron chi connectivity index (χ0n) is 15.1. The number of carbonyl (C=O) groups excluding carboxylic acids is 2. The summed E-state index contributed by atoms with van der Waals surface area (Å²) >= 11 is 3.45. The van der Waals surface area contributed by atoms with Crippen LogP contribution in [-0.2, 0) is 16.9 Å². The highest BCUT2D eigenvalue weighted by Crippen LogP contribution is 2.33. The summed E-state index contributed by atoms with van der Waals surface area (Å²) in [5.41, 5.74) is 0.788. The van der Waals surface area contributed by atoms with Crippen molar-refractivity contribution < 1.29 is 14.0 Å². The Bertz CT molecular complexity index is 1140. The zero-order chi connectivity index (χ0) is 19.9. The lowest BCUT2D eigenvalue weighted by molar-refractivity contribution is -0.131. The van der Waals surface area contributed by atoms with Gasteiger partial charge in [-0.25, -0.2) is 9.59 Å². The number of para-hydroxylation sites is 2. The average Bonchev–Trinajstić information content (AvgIpc) is 3.10. The Balaban J connectivity index is 1.51. The average molecular weight is 444 g/mol. The maximum atomic E-state index is 13.0. The number of imide groups is 1. The van der Waals surface area contributed by atoms with Crippen molar-refractivity contribution in [1.82, 2.24) is 14.8 Å². The second-order valence-corrected chi connectivity index (χ2v) is 7.69. The lowest BCUT2D eigenvalue weighted by Gasteiger charge is -2.23. The molecule has 4 rings (SSSR count). The molecule has 1 N–H and O–H groups in total. The minimum Gasteiger partial charge on any atom is -0.408 e. The summed E-state index contributed by atoms with van der Waals surface area (Å²) in [5.74, 6) is -0.759. The molecule has 144 valence electrons. The normalized spacial score (nSPS) is 19.4. The fourth-order valence-electron chi connectivity index (χ4n) is 3.56. The first-order chi connectivity index (χ1) is 13.4. The van der Waals surface area contributed by atoms with Crippen molar-refractivity contribution in [2.45, 2.75) is 25.4 Å². The zero-order valence-corrected chi connectivity index (χ0v) is 16.7. The summed E-state index contributed by atoms with van der Waals surface area (Å²) in [6.45, 7) is 2.25. The molecule has 0 bridgehead atoms. The van der Waals surface area contributed by atoms with Crippen LogP contribution in [-0.4, -0.2) is 28.0 Å². The highest BCUT2D eigenvalue weighted by atomic mass is 79.9. The molecule has 1 aromatic heterocycles. The molecule has 0 radical (unpaired) electrons. The van der Waals surface area contributed by atoms with Gasteiger partial charge >= 0.3 is 11.8 Å². The highest BCUT2D eigenvalue weighted by Gasteiger charge is 2.49. The monoisotopic (exact) mass is 443 g/mol. The van der Waals surface area contributed by atoms with Crippen LogP contribution in [0.1, 0.15) is 18.9 Å². The van der Waals surface area contributed by atoms with E-state index in [1.54, 1.807) is 25.1 Å². The van der Waals surface area contributed by atoms with Gasteiger partial charge in [0.25, 0.3) is 5.91 Å². The Labute approximate surface area is 169 Å². The molecule has 0 spiro atoms. The maximum absolute atomic E-state index is 13.0. The smallest absolute Gasteiger partial charge is 0.408 e. The molecule has 3 aromatic rings. The van der Waals surface area contributed by atoms with E-state index >= 15 is 0 Å². The fraction of sp³-hybridized carbons (Fsp3) is 0.250. The molecule has 1 fully saturated rings. The van der Waals surface area contributed by atoms with Crippen molar-refractivity contribution in [3.8, 4) is 0 Å². The summed E-state index contributed by atoms with van der Waals surface area (Å²) in [4.78, 5) is 38.7. The number of hydrogen-bond acceptors (Lipinski definition) is 4. The number of fused-ring (bicyclic) bond motifs is 1. The van der Waals surface area contributed by atoms with E-state index in [0.29, 0.717) is 29.6 Å². The molecule has 7 nitrogen and oxygen atoms in total.